The Bertz CT molecular complexity index is 210. The largest absolute Gasteiger partial charge is 3.00 e. The van der Waals surface area contributed by atoms with Crippen LogP contribution in [0.4, 0.5) is 0 Å². The van der Waals surface area contributed by atoms with Gasteiger partial charge in [0.05, 0.1) is 0 Å². The summed E-state index contributed by atoms with van der Waals surface area (Å²) in [6, 6.07) is 0.748. The van der Waals surface area contributed by atoms with Gasteiger partial charge in [-0.05, 0) is 57.5 Å². The van der Waals surface area contributed by atoms with Gasteiger partial charge in [-0.3, -0.25) is 0 Å². The molecular formula is C22H46NY. The Morgan fingerprint density at radius 1 is 0.917 bits per heavy atom. The van der Waals surface area contributed by atoms with Crippen molar-refractivity contribution in [2.45, 2.75) is 87.1 Å². The minimum atomic E-state index is 0. The smallest absolute Gasteiger partial charge is 0.343 e. The second-order valence-corrected chi connectivity index (χ2v) is 7.87. The van der Waals surface area contributed by atoms with Gasteiger partial charge in [0.15, 0.2) is 0 Å². The molecule has 1 fully saturated rings. The van der Waals surface area contributed by atoms with Crippen molar-refractivity contribution >= 4 is 0 Å². The van der Waals surface area contributed by atoms with E-state index in [2.05, 4.69) is 60.3 Å². The fourth-order valence-electron chi connectivity index (χ4n) is 2.91. The van der Waals surface area contributed by atoms with Crippen molar-refractivity contribution in [1.29, 1.82) is 0 Å². The van der Waals surface area contributed by atoms with E-state index >= 15 is 0 Å². The van der Waals surface area contributed by atoms with Crippen LogP contribution in [0.25, 0.3) is 0 Å². The second kappa shape index (κ2) is 18.8. The SMILES string of the molecule is CC(C)C1CCN(C(C)C)CC1.C[CH-]C.[CH2-]CC(C[CH2-])C(C)C.[Y+3]. The van der Waals surface area contributed by atoms with E-state index in [1.807, 2.05) is 20.3 Å². The Kier molecular flexibility index (Phi) is 23.4. The Labute approximate surface area is 181 Å². The molecule has 0 saturated carbocycles. The van der Waals surface area contributed by atoms with Crippen molar-refractivity contribution in [1.82, 2.24) is 4.90 Å². The van der Waals surface area contributed by atoms with Crippen molar-refractivity contribution in [3.8, 4) is 0 Å². The normalized spacial score (nSPS) is 15.8. The van der Waals surface area contributed by atoms with Gasteiger partial charge < -0.3 is 25.2 Å². The van der Waals surface area contributed by atoms with E-state index in [1.165, 1.54) is 25.9 Å². The summed E-state index contributed by atoms with van der Waals surface area (Å²) in [6.07, 6.45) is 6.88. The minimum absolute atomic E-state index is 0. The van der Waals surface area contributed by atoms with Gasteiger partial charge in [-0.1, -0.05) is 33.6 Å². The van der Waals surface area contributed by atoms with E-state index in [4.69, 9.17) is 0 Å². The van der Waals surface area contributed by atoms with Gasteiger partial charge in [-0.25, -0.2) is 0 Å². The average Bonchev–Trinajstić information content (AvgIpc) is 2.49. The summed E-state index contributed by atoms with van der Waals surface area (Å²) in [5.74, 6) is 3.36. The molecule has 1 aliphatic rings. The average molecular weight is 414 g/mol. The maximum absolute atomic E-state index is 3.84. The topological polar surface area (TPSA) is 3.24 Å². The van der Waals surface area contributed by atoms with E-state index < -0.39 is 0 Å². The van der Waals surface area contributed by atoms with Gasteiger partial charge in [0, 0.05) is 6.04 Å². The number of hydrogen-bond acceptors (Lipinski definition) is 1. The van der Waals surface area contributed by atoms with Crippen LogP contribution in [-0.4, -0.2) is 24.0 Å². The number of likely N-dealkylation sites (tertiary alicyclic amines) is 1. The molecule has 0 aromatic rings. The molecule has 24 heavy (non-hydrogen) atoms. The van der Waals surface area contributed by atoms with Crippen LogP contribution < -0.4 is 0 Å². The Hall–Kier alpha value is 1.06. The molecule has 1 rings (SSSR count). The van der Waals surface area contributed by atoms with Crippen molar-refractivity contribution in [2.24, 2.45) is 23.7 Å². The molecule has 1 saturated heterocycles. The van der Waals surface area contributed by atoms with E-state index in [0.717, 1.165) is 42.6 Å². The molecule has 0 atom stereocenters. The Morgan fingerprint density at radius 2 is 1.29 bits per heavy atom. The molecule has 1 nitrogen and oxygen atoms in total. The molecule has 1 heterocycles. The standard InChI is InChI=1S/C11H23N.C8H16.C3H7.Y/c1-9(2)11-5-7-12(8-6-11)10(3)4;1-5-8(6-2)7(3)4;1-3-2;/h9-11H,5-8H2,1-4H3;7-8H,1-2,5-6H2,3-4H3;3H,1-2H3;/q;-2;-1;+3. The summed E-state index contributed by atoms with van der Waals surface area (Å²) < 4.78 is 0. The maximum atomic E-state index is 3.84. The summed E-state index contributed by atoms with van der Waals surface area (Å²) in [4.78, 5) is 2.60. The first-order valence-electron chi connectivity index (χ1n) is 9.81. The van der Waals surface area contributed by atoms with Crippen molar-refractivity contribution in [3.63, 3.8) is 0 Å². The van der Waals surface area contributed by atoms with Crippen LogP contribution in [0.1, 0.15) is 81.1 Å². The first-order chi connectivity index (χ1) is 10.7. The fraction of sp³-hybridized carbons (Fsp3) is 0.864. The summed E-state index contributed by atoms with van der Waals surface area (Å²) in [6.45, 7) is 28.1. The fourth-order valence-corrected chi connectivity index (χ4v) is 2.91. The van der Waals surface area contributed by atoms with Gasteiger partial charge in [0.2, 0.25) is 0 Å². The van der Waals surface area contributed by atoms with Crippen LogP contribution in [0.5, 0.6) is 0 Å². The predicted molar refractivity (Wildman–Crippen MR) is 108 cm³/mol. The Morgan fingerprint density at radius 3 is 1.46 bits per heavy atom. The quantitative estimate of drug-likeness (QED) is 0.454. The molecular weight excluding hydrogens is 367 g/mol. The van der Waals surface area contributed by atoms with Crippen LogP contribution in [0.15, 0.2) is 0 Å². The number of hydrogen-bond donors (Lipinski definition) is 0. The first-order valence-corrected chi connectivity index (χ1v) is 9.81. The van der Waals surface area contributed by atoms with Crippen molar-refractivity contribution in [2.75, 3.05) is 13.1 Å². The summed E-state index contributed by atoms with van der Waals surface area (Å²) in [5, 5.41) is 0. The second-order valence-electron chi connectivity index (χ2n) is 7.87. The summed E-state index contributed by atoms with van der Waals surface area (Å²) in [7, 11) is 0. The molecule has 142 valence electrons. The van der Waals surface area contributed by atoms with Gasteiger partial charge in [0.1, 0.15) is 0 Å². The molecule has 0 aromatic heterocycles. The molecule has 0 N–H and O–H groups in total. The Balaban J connectivity index is -0.000000322. The molecule has 0 bridgehead atoms. The zero-order chi connectivity index (χ0) is 18.4. The molecule has 0 radical (unpaired) electrons. The number of rotatable bonds is 5. The maximum Gasteiger partial charge on any atom is 3.00 e. The van der Waals surface area contributed by atoms with E-state index in [9.17, 15) is 0 Å². The summed E-state index contributed by atoms with van der Waals surface area (Å²) >= 11 is 0. The molecule has 1 aliphatic heterocycles. The molecule has 2 heteroatoms. The molecule has 0 spiro atoms. The van der Waals surface area contributed by atoms with Crippen LogP contribution in [0, 0.1) is 43.9 Å². The molecule has 0 aromatic carbocycles. The van der Waals surface area contributed by atoms with Gasteiger partial charge in [-0.2, -0.15) is 26.7 Å². The van der Waals surface area contributed by atoms with E-state index in [1.54, 1.807) is 0 Å². The third-order valence-corrected chi connectivity index (χ3v) is 4.93. The predicted octanol–water partition coefficient (Wildman–Crippen LogP) is 6.70. The zero-order valence-electron chi connectivity index (χ0n) is 18.1. The molecule has 0 amide bonds. The molecule has 0 unspecified atom stereocenters. The monoisotopic (exact) mass is 413 g/mol. The third kappa shape index (κ3) is 15.3. The van der Waals surface area contributed by atoms with Crippen LogP contribution >= 0.6 is 0 Å². The third-order valence-electron chi connectivity index (χ3n) is 4.93. The first kappa shape index (κ1) is 29.8. The van der Waals surface area contributed by atoms with E-state index in [-0.39, 0.29) is 32.7 Å². The van der Waals surface area contributed by atoms with Crippen LogP contribution in [0.3, 0.4) is 0 Å². The van der Waals surface area contributed by atoms with Gasteiger partial charge >= 0.3 is 32.7 Å². The number of piperidine rings is 1. The van der Waals surface area contributed by atoms with Crippen molar-refractivity contribution in [3.05, 3.63) is 20.3 Å². The van der Waals surface area contributed by atoms with Gasteiger partial charge in [0.25, 0.3) is 0 Å². The number of nitrogens with zero attached hydrogens (tertiary/aromatic N) is 1. The van der Waals surface area contributed by atoms with E-state index in [0.29, 0.717) is 0 Å². The zero-order valence-corrected chi connectivity index (χ0v) is 21.0. The van der Waals surface area contributed by atoms with Crippen molar-refractivity contribution < 1.29 is 32.7 Å². The van der Waals surface area contributed by atoms with Crippen LogP contribution in [-0.2, 0) is 32.7 Å². The minimum Gasteiger partial charge on any atom is -0.343 e. The van der Waals surface area contributed by atoms with Gasteiger partial charge in [-0.15, -0.1) is 0 Å². The summed E-state index contributed by atoms with van der Waals surface area (Å²) in [5.41, 5.74) is 0. The van der Waals surface area contributed by atoms with Crippen LogP contribution in [0.2, 0.25) is 0 Å². The molecule has 0 aliphatic carbocycles.